The normalized spacial score (nSPS) is 21.0. The first-order valence-electron chi connectivity index (χ1n) is 13.2. The smallest absolute Gasteiger partial charge is 0.382 e. The Balaban J connectivity index is 1.23. The predicted molar refractivity (Wildman–Crippen MR) is 139 cm³/mol. The van der Waals surface area contributed by atoms with Gasteiger partial charge < -0.3 is 19.9 Å². The Morgan fingerprint density at radius 1 is 0.951 bits per heavy atom. The number of hydrogen-bond donors (Lipinski definition) is 1. The number of hydrogen-bond acceptors (Lipinski definition) is 6. The molecule has 1 saturated carbocycles. The summed E-state index contributed by atoms with van der Waals surface area (Å²) in [7, 11) is 0. The molecule has 224 valence electrons. The molecule has 4 rings (SSSR count). The molecule has 1 amide bonds. The standard InChI is InChI=1S/C27H30F6N4O4/c1-17(25(38)36-14-12-35(13-15-36)21-7-2-18(3-8-21)26(28,29)30)41-22-9-4-19(5-10-22)34-20-6-11-24(37(39)40)23(16-20)27(31,32)33/h2-3,6-8,11,16-17,19,22,34H,4-5,9-10,12-15H2,1H3. The van der Waals surface area contributed by atoms with Gasteiger partial charge in [0.1, 0.15) is 11.7 Å². The number of amides is 1. The fourth-order valence-electron chi connectivity index (χ4n) is 5.24. The first kappa shape index (κ1) is 30.4. The van der Waals surface area contributed by atoms with Crippen molar-refractivity contribution in [3.05, 3.63) is 63.7 Å². The molecule has 1 atom stereocenters. The molecule has 0 spiro atoms. The van der Waals surface area contributed by atoms with Gasteiger partial charge in [-0.3, -0.25) is 14.9 Å². The molecular formula is C27H30F6N4O4. The summed E-state index contributed by atoms with van der Waals surface area (Å²) in [4.78, 5) is 26.5. The topological polar surface area (TPSA) is 87.9 Å². The summed E-state index contributed by atoms with van der Waals surface area (Å²) in [5, 5.41) is 14.0. The highest BCUT2D eigenvalue weighted by molar-refractivity contribution is 5.80. The van der Waals surface area contributed by atoms with Gasteiger partial charge in [0, 0.05) is 49.7 Å². The van der Waals surface area contributed by atoms with E-state index in [1.807, 2.05) is 4.90 Å². The number of piperazine rings is 1. The van der Waals surface area contributed by atoms with E-state index in [0.717, 1.165) is 24.3 Å². The van der Waals surface area contributed by atoms with Crippen LogP contribution in [0, 0.1) is 10.1 Å². The quantitative estimate of drug-likeness (QED) is 0.239. The number of nitrogens with one attached hydrogen (secondary N) is 1. The number of nitro groups is 1. The van der Waals surface area contributed by atoms with Crippen LogP contribution in [0.15, 0.2) is 42.5 Å². The summed E-state index contributed by atoms with van der Waals surface area (Å²) in [6, 6.07) is 7.63. The van der Waals surface area contributed by atoms with Crippen LogP contribution in [0.1, 0.15) is 43.7 Å². The lowest BCUT2D eigenvalue weighted by Crippen LogP contribution is -2.52. The summed E-state index contributed by atoms with van der Waals surface area (Å²) in [5.41, 5.74) is -2.22. The van der Waals surface area contributed by atoms with Gasteiger partial charge >= 0.3 is 12.4 Å². The van der Waals surface area contributed by atoms with E-state index in [-0.39, 0.29) is 23.7 Å². The number of benzene rings is 2. The van der Waals surface area contributed by atoms with Crippen molar-refractivity contribution in [2.45, 2.75) is 63.2 Å². The van der Waals surface area contributed by atoms with Gasteiger partial charge in [0.2, 0.25) is 0 Å². The molecule has 1 unspecified atom stereocenters. The van der Waals surface area contributed by atoms with E-state index >= 15 is 0 Å². The van der Waals surface area contributed by atoms with Crippen molar-refractivity contribution in [3.63, 3.8) is 0 Å². The molecule has 2 aromatic rings. The zero-order chi connectivity index (χ0) is 29.9. The maximum absolute atomic E-state index is 13.3. The van der Waals surface area contributed by atoms with Gasteiger partial charge in [0.25, 0.3) is 11.6 Å². The van der Waals surface area contributed by atoms with Gasteiger partial charge in [-0.2, -0.15) is 26.3 Å². The number of alkyl halides is 6. The first-order chi connectivity index (χ1) is 19.2. The molecule has 1 N–H and O–H groups in total. The number of ether oxygens (including phenoxy) is 1. The second-order valence-corrected chi connectivity index (χ2v) is 10.2. The molecule has 8 nitrogen and oxygen atoms in total. The van der Waals surface area contributed by atoms with Crippen LogP contribution in [0.4, 0.5) is 43.4 Å². The van der Waals surface area contributed by atoms with Crippen LogP contribution in [0.5, 0.6) is 0 Å². The summed E-state index contributed by atoms with van der Waals surface area (Å²) >= 11 is 0. The number of nitro benzene ring substituents is 1. The Hall–Kier alpha value is -3.55. The van der Waals surface area contributed by atoms with Crippen molar-refractivity contribution >= 4 is 23.0 Å². The van der Waals surface area contributed by atoms with Crippen molar-refractivity contribution in [3.8, 4) is 0 Å². The Morgan fingerprint density at radius 2 is 1.56 bits per heavy atom. The molecule has 0 radical (unpaired) electrons. The molecule has 1 aliphatic carbocycles. The molecule has 14 heteroatoms. The highest BCUT2D eigenvalue weighted by Gasteiger charge is 2.39. The lowest BCUT2D eigenvalue weighted by Gasteiger charge is -2.38. The Kier molecular flexibility index (Phi) is 9.00. The van der Waals surface area contributed by atoms with Gasteiger partial charge in [0.15, 0.2) is 0 Å². The summed E-state index contributed by atoms with van der Waals surface area (Å²) in [6.45, 7) is 3.42. The molecule has 1 heterocycles. The first-order valence-corrected chi connectivity index (χ1v) is 13.2. The molecule has 0 bridgehead atoms. The van der Waals surface area contributed by atoms with E-state index in [1.165, 1.54) is 18.2 Å². The average Bonchev–Trinajstić information content (AvgIpc) is 2.93. The third kappa shape index (κ3) is 7.60. The Labute approximate surface area is 232 Å². The van der Waals surface area contributed by atoms with Crippen molar-refractivity contribution in [1.29, 1.82) is 0 Å². The van der Waals surface area contributed by atoms with Crippen LogP contribution >= 0.6 is 0 Å². The second-order valence-electron chi connectivity index (χ2n) is 10.2. The van der Waals surface area contributed by atoms with Crippen molar-refractivity contribution in [1.82, 2.24) is 4.90 Å². The molecule has 1 saturated heterocycles. The molecule has 2 fully saturated rings. The molecule has 1 aliphatic heterocycles. The SMILES string of the molecule is CC(OC1CCC(Nc2ccc([N+](=O)[O-])c(C(F)(F)F)c2)CC1)C(=O)N1CCN(c2ccc(C(F)(F)F)cc2)CC1. The largest absolute Gasteiger partial charge is 0.423 e. The zero-order valence-electron chi connectivity index (χ0n) is 22.2. The lowest BCUT2D eigenvalue weighted by molar-refractivity contribution is -0.388. The highest BCUT2D eigenvalue weighted by Crippen LogP contribution is 2.38. The molecular weight excluding hydrogens is 558 g/mol. The van der Waals surface area contributed by atoms with Crippen molar-refractivity contribution < 1.29 is 40.8 Å². The minimum Gasteiger partial charge on any atom is -0.382 e. The van der Waals surface area contributed by atoms with E-state index < -0.39 is 40.2 Å². The van der Waals surface area contributed by atoms with Gasteiger partial charge in [-0.1, -0.05) is 0 Å². The van der Waals surface area contributed by atoms with Crippen LogP contribution < -0.4 is 10.2 Å². The van der Waals surface area contributed by atoms with Gasteiger partial charge in [0.05, 0.1) is 16.6 Å². The van der Waals surface area contributed by atoms with Gasteiger partial charge in [-0.05, 0) is 69.0 Å². The van der Waals surface area contributed by atoms with Crippen LogP contribution in [0.2, 0.25) is 0 Å². The van der Waals surface area contributed by atoms with Crippen LogP contribution in [-0.2, 0) is 21.9 Å². The van der Waals surface area contributed by atoms with Gasteiger partial charge in [-0.15, -0.1) is 0 Å². The number of carbonyl (C=O) groups excluding carboxylic acids is 1. The van der Waals surface area contributed by atoms with E-state index in [9.17, 15) is 41.3 Å². The van der Waals surface area contributed by atoms with Crippen LogP contribution in [0.25, 0.3) is 0 Å². The number of halogens is 6. The summed E-state index contributed by atoms with van der Waals surface area (Å²) in [5.74, 6) is -0.178. The fraction of sp³-hybridized carbons (Fsp3) is 0.519. The third-order valence-electron chi connectivity index (χ3n) is 7.44. The number of rotatable bonds is 7. The van der Waals surface area contributed by atoms with Gasteiger partial charge in [-0.25, -0.2) is 0 Å². The second kappa shape index (κ2) is 12.1. The van der Waals surface area contributed by atoms with E-state index in [2.05, 4.69) is 5.32 Å². The minimum atomic E-state index is -4.86. The molecule has 0 aromatic heterocycles. The number of nitrogens with zero attached hydrogens (tertiary/aromatic N) is 3. The van der Waals surface area contributed by atoms with Crippen molar-refractivity contribution in [2.75, 3.05) is 36.4 Å². The zero-order valence-corrected chi connectivity index (χ0v) is 22.2. The minimum absolute atomic E-state index is 0.145. The number of anilines is 2. The predicted octanol–water partition coefficient (Wildman–Crippen LogP) is 6.11. The van der Waals surface area contributed by atoms with E-state index in [4.69, 9.17) is 4.74 Å². The monoisotopic (exact) mass is 588 g/mol. The third-order valence-corrected chi connectivity index (χ3v) is 7.44. The maximum atomic E-state index is 13.3. The molecule has 41 heavy (non-hydrogen) atoms. The number of carbonyl (C=O) groups is 1. The Bertz CT molecular complexity index is 1220. The summed E-state index contributed by atoms with van der Waals surface area (Å²) < 4.78 is 84.2. The average molecular weight is 589 g/mol. The van der Waals surface area contributed by atoms with Crippen LogP contribution in [-0.4, -0.2) is 60.2 Å². The lowest BCUT2D eigenvalue weighted by atomic mass is 9.92. The molecule has 2 aromatic carbocycles. The van der Waals surface area contributed by atoms with Crippen LogP contribution in [0.3, 0.4) is 0 Å². The fourth-order valence-corrected chi connectivity index (χ4v) is 5.24. The highest BCUT2D eigenvalue weighted by atomic mass is 19.4. The Morgan fingerprint density at radius 3 is 2.10 bits per heavy atom. The van der Waals surface area contributed by atoms with E-state index in [0.29, 0.717) is 57.5 Å². The maximum Gasteiger partial charge on any atom is 0.423 e. The van der Waals surface area contributed by atoms with E-state index in [1.54, 1.807) is 11.8 Å². The van der Waals surface area contributed by atoms with Crippen molar-refractivity contribution in [2.24, 2.45) is 0 Å². The molecule has 2 aliphatic rings. The summed E-state index contributed by atoms with van der Waals surface area (Å²) in [6.07, 6.45) is -7.85.